The summed E-state index contributed by atoms with van der Waals surface area (Å²) < 4.78 is 0. The molecule has 1 N–H and O–H groups in total. The Labute approximate surface area is 123 Å². The summed E-state index contributed by atoms with van der Waals surface area (Å²) in [5, 5.41) is 7.40. The molecule has 0 aliphatic carbocycles. The Kier molecular flexibility index (Phi) is 4.08. The maximum absolute atomic E-state index is 4.57. The SMILES string of the molecule is CN1CCC(=NNc2nc(-c3ccccc3)cs2)CC1. The number of hydrogen-bond donors (Lipinski definition) is 1. The van der Waals surface area contributed by atoms with Crippen molar-refractivity contribution in [2.75, 3.05) is 25.6 Å². The third kappa shape index (κ3) is 3.23. The molecule has 104 valence electrons. The molecule has 2 heterocycles. The van der Waals surface area contributed by atoms with E-state index in [1.165, 1.54) is 5.71 Å². The first-order valence-corrected chi connectivity index (χ1v) is 7.70. The standard InChI is InChI=1S/C15H18N4S/c1-19-9-7-13(8-10-19)17-18-15-16-14(11-20-15)12-5-3-2-4-6-12/h2-6,11H,7-10H2,1H3,(H,16,18). The first-order chi connectivity index (χ1) is 9.81. The van der Waals surface area contributed by atoms with E-state index in [1.807, 2.05) is 18.2 Å². The van der Waals surface area contributed by atoms with Crippen molar-refractivity contribution < 1.29 is 0 Å². The van der Waals surface area contributed by atoms with Crippen LogP contribution in [-0.2, 0) is 0 Å². The molecule has 0 bridgehead atoms. The average Bonchev–Trinajstić information content (AvgIpc) is 2.97. The summed E-state index contributed by atoms with van der Waals surface area (Å²) >= 11 is 1.59. The molecular formula is C15H18N4S. The number of benzene rings is 1. The van der Waals surface area contributed by atoms with Crippen LogP contribution in [0.25, 0.3) is 11.3 Å². The van der Waals surface area contributed by atoms with Crippen molar-refractivity contribution in [1.29, 1.82) is 0 Å². The summed E-state index contributed by atoms with van der Waals surface area (Å²) in [5.41, 5.74) is 6.48. The van der Waals surface area contributed by atoms with Gasteiger partial charge >= 0.3 is 0 Å². The molecule has 2 aromatic rings. The third-order valence-electron chi connectivity index (χ3n) is 3.45. The van der Waals surface area contributed by atoms with Gasteiger partial charge in [-0.15, -0.1) is 11.3 Å². The molecule has 0 radical (unpaired) electrons. The van der Waals surface area contributed by atoms with Crippen molar-refractivity contribution in [3.05, 3.63) is 35.7 Å². The minimum atomic E-state index is 0.857. The highest BCUT2D eigenvalue weighted by Gasteiger charge is 2.11. The zero-order valence-electron chi connectivity index (χ0n) is 11.5. The van der Waals surface area contributed by atoms with Gasteiger partial charge in [0.25, 0.3) is 0 Å². The van der Waals surface area contributed by atoms with Gasteiger partial charge in [0, 0.05) is 42.6 Å². The van der Waals surface area contributed by atoms with Crippen LogP contribution < -0.4 is 5.43 Å². The summed E-state index contributed by atoms with van der Waals surface area (Å²) in [7, 11) is 2.15. The van der Waals surface area contributed by atoms with Gasteiger partial charge in [0.05, 0.1) is 5.69 Å². The van der Waals surface area contributed by atoms with E-state index >= 15 is 0 Å². The number of thiazole rings is 1. The van der Waals surface area contributed by atoms with Crippen LogP contribution in [0.4, 0.5) is 5.13 Å². The highest BCUT2D eigenvalue weighted by atomic mass is 32.1. The van der Waals surface area contributed by atoms with Crippen LogP contribution >= 0.6 is 11.3 Å². The first-order valence-electron chi connectivity index (χ1n) is 6.82. The molecule has 1 saturated heterocycles. The maximum atomic E-state index is 4.57. The normalized spacial score (nSPS) is 16.1. The van der Waals surface area contributed by atoms with Crippen LogP contribution in [0.2, 0.25) is 0 Å². The van der Waals surface area contributed by atoms with Crippen LogP contribution in [0.3, 0.4) is 0 Å². The van der Waals surface area contributed by atoms with E-state index in [4.69, 9.17) is 0 Å². The van der Waals surface area contributed by atoms with E-state index in [2.05, 4.69) is 45.0 Å². The second-order valence-corrected chi connectivity index (χ2v) is 5.86. The van der Waals surface area contributed by atoms with Gasteiger partial charge in [-0.2, -0.15) is 5.10 Å². The van der Waals surface area contributed by atoms with Crippen LogP contribution in [0.5, 0.6) is 0 Å². The minimum absolute atomic E-state index is 0.857. The Morgan fingerprint density at radius 3 is 2.70 bits per heavy atom. The van der Waals surface area contributed by atoms with Crippen molar-refractivity contribution in [2.24, 2.45) is 5.10 Å². The highest BCUT2D eigenvalue weighted by Crippen LogP contribution is 2.24. The van der Waals surface area contributed by atoms with Crippen LogP contribution in [0, 0.1) is 0 Å². The number of hydrazone groups is 1. The Hall–Kier alpha value is -1.72. The van der Waals surface area contributed by atoms with E-state index in [9.17, 15) is 0 Å². The van der Waals surface area contributed by atoms with Crippen molar-refractivity contribution in [3.63, 3.8) is 0 Å². The summed E-state index contributed by atoms with van der Waals surface area (Å²) in [5.74, 6) is 0. The smallest absolute Gasteiger partial charge is 0.203 e. The first kappa shape index (κ1) is 13.3. The largest absolute Gasteiger partial charge is 0.306 e. The summed E-state index contributed by atoms with van der Waals surface area (Å²) in [4.78, 5) is 6.90. The molecule has 0 spiro atoms. The Morgan fingerprint density at radius 1 is 1.20 bits per heavy atom. The molecule has 4 nitrogen and oxygen atoms in total. The highest BCUT2D eigenvalue weighted by molar-refractivity contribution is 7.14. The molecule has 1 aliphatic rings. The number of rotatable bonds is 3. The van der Waals surface area contributed by atoms with Crippen molar-refractivity contribution in [1.82, 2.24) is 9.88 Å². The summed E-state index contributed by atoms with van der Waals surface area (Å²) in [6, 6.07) is 10.2. The number of nitrogens with zero attached hydrogens (tertiary/aromatic N) is 3. The zero-order valence-corrected chi connectivity index (χ0v) is 12.4. The lowest BCUT2D eigenvalue weighted by molar-refractivity contribution is 0.336. The van der Waals surface area contributed by atoms with Crippen molar-refractivity contribution >= 4 is 22.2 Å². The quantitative estimate of drug-likeness (QED) is 0.880. The number of likely N-dealkylation sites (tertiary alicyclic amines) is 1. The minimum Gasteiger partial charge on any atom is -0.306 e. The predicted molar refractivity (Wildman–Crippen MR) is 85.3 cm³/mol. The van der Waals surface area contributed by atoms with Gasteiger partial charge < -0.3 is 4.90 Å². The van der Waals surface area contributed by atoms with E-state index in [0.717, 1.165) is 42.3 Å². The van der Waals surface area contributed by atoms with Crippen molar-refractivity contribution in [3.8, 4) is 11.3 Å². The van der Waals surface area contributed by atoms with Crippen molar-refractivity contribution in [2.45, 2.75) is 12.8 Å². The predicted octanol–water partition coefficient (Wildman–Crippen LogP) is 3.30. The molecule has 1 aromatic heterocycles. The lowest BCUT2D eigenvalue weighted by Crippen LogP contribution is -2.30. The van der Waals surface area contributed by atoms with Gasteiger partial charge in [-0.3, -0.25) is 5.43 Å². The lowest BCUT2D eigenvalue weighted by Gasteiger charge is -2.22. The fourth-order valence-electron chi connectivity index (χ4n) is 2.18. The molecule has 0 unspecified atom stereocenters. The van der Waals surface area contributed by atoms with E-state index in [0.29, 0.717) is 0 Å². The molecule has 0 atom stereocenters. The topological polar surface area (TPSA) is 40.5 Å². The molecule has 20 heavy (non-hydrogen) atoms. The number of nitrogens with one attached hydrogen (secondary N) is 1. The number of anilines is 1. The van der Waals surface area contributed by atoms with Gasteiger partial charge in [0.2, 0.25) is 5.13 Å². The molecule has 3 rings (SSSR count). The van der Waals surface area contributed by atoms with E-state index < -0.39 is 0 Å². The molecule has 1 aliphatic heterocycles. The second kappa shape index (κ2) is 6.15. The van der Waals surface area contributed by atoms with Gasteiger partial charge in [0.15, 0.2) is 0 Å². The molecular weight excluding hydrogens is 268 g/mol. The monoisotopic (exact) mass is 286 g/mol. The Morgan fingerprint density at radius 2 is 1.95 bits per heavy atom. The fourth-order valence-corrected chi connectivity index (χ4v) is 2.84. The van der Waals surface area contributed by atoms with Gasteiger partial charge in [-0.05, 0) is 7.05 Å². The molecule has 1 fully saturated rings. The van der Waals surface area contributed by atoms with Gasteiger partial charge in [0.1, 0.15) is 0 Å². The Balaban J connectivity index is 1.65. The molecule has 1 aromatic carbocycles. The Bertz CT molecular complexity index is 581. The summed E-state index contributed by atoms with van der Waals surface area (Å²) in [6.07, 6.45) is 2.08. The van der Waals surface area contributed by atoms with Gasteiger partial charge in [-0.25, -0.2) is 4.98 Å². The van der Waals surface area contributed by atoms with Gasteiger partial charge in [-0.1, -0.05) is 30.3 Å². The average molecular weight is 286 g/mol. The van der Waals surface area contributed by atoms with Crippen LogP contribution in [0.15, 0.2) is 40.8 Å². The zero-order chi connectivity index (χ0) is 13.8. The third-order valence-corrected chi connectivity index (χ3v) is 4.19. The molecule has 5 heteroatoms. The maximum Gasteiger partial charge on any atom is 0.203 e. The summed E-state index contributed by atoms with van der Waals surface area (Å²) in [6.45, 7) is 2.18. The lowest BCUT2D eigenvalue weighted by atomic mass is 10.1. The number of hydrogen-bond acceptors (Lipinski definition) is 5. The van der Waals surface area contributed by atoms with Crippen LogP contribution in [-0.4, -0.2) is 35.7 Å². The molecule has 0 saturated carbocycles. The fraction of sp³-hybridized carbons (Fsp3) is 0.333. The van der Waals surface area contributed by atoms with E-state index in [-0.39, 0.29) is 0 Å². The molecule has 0 amide bonds. The second-order valence-electron chi connectivity index (χ2n) is 5.00. The number of aromatic nitrogens is 1. The van der Waals surface area contributed by atoms with Crippen LogP contribution in [0.1, 0.15) is 12.8 Å². The van der Waals surface area contributed by atoms with E-state index in [1.54, 1.807) is 11.3 Å². The number of piperidine rings is 1.